The number of rotatable bonds is 6. The van der Waals surface area contributed by atoms with E-state index in [2.05, 4.69) is 17.2 Å². The van der Waals surface area contributed by atoms with Gasteiger partial charge in [-0.1, -0.05) is 6.08 Å². The van der Waals surface area contributed by atoms with Gasteiger partial charge in [0.15, 0.2) is 0 Å². The maximum Gasteiger partial charge on any atom is 0.234 e. The highest BCUT2D eigenvalue weighted by Crippen LogP contribution is 2.05. The monoisotopic (exact) mass is 212 g/mol. The summed E-state index contributed by atoms with van der Waals surface area (Å²) in [6, 6.07) is 0.299. The lowest BCUT2D eigenvalue weighted by Crippen LogP contribution is -2.43. The molecule has 0 unspecified atom stereocenters. The van der Waals surface area contributed by atoms with Gasteiger partial charge in [-0.2, -0.15) is 0 Å². The van der Waals surface area contributed by atoms with Crippen molar-refractivity contribution < 1.29 is 9.53 Å². The molecule has 0 aromatic rings. The third-order valence-electron chi connectivity index (χ3n) is 2.40. The van der Waals surface area contributed by atoms with Gasteiger partial charge in [0, 0.05) is 19.3 Å². The largest absolute Gasteiger partial charge is 0.381 e. The van der Waals surface area contributed by atoms with Crippen LogP contribution in [0.2, 0.25) is 0 Å². The minimum absolute atomic E-state index is 0.0750. The van der Waals surface area contributed by atoms with Crippen molar-refractivity contribution in [3.05, 3.63) is 12.7 Å². The summed E-state index contributed by atoms with van der Waals surface area (Å²) in [5, 5.41) is 6.05. The van der Waals surface area contributed by atoms with Gasteiger partial charge in [-0.3, -0.25) is 4.79 Å². The molecule has 0 spiro atoms. The Morgan fingerprint density at radius 3 is 2.87 bits per heavy atom. The van der Waals surface area contributed by atoms with Crippen LogP contribution in [0.1, 0.15) is 19.3 Å². The first-order chi connectivity index (χ1) is 7.33. The number of nitrogens with one attached hydrogen (secondary N) is 2. The Kier molecular flexibility index (Phi) is 6.04. The summed E-state index contributed by atoms with van der Waals surface area (Å²) >= 11 is 0. The van der Waals surface area contributed by atoms with Crippen molar-refractivity contribution >= 4 is 5.91 Å². The SMILES string of the molecule is C=CCCNCC(=O)NC1CCOCC1. The van der Waals surface area contributed by atoms with Crippen LogP contribution in [0, 0.1) is 0 Å². The zero-order valence-corrected chi connectivity index (χ0v) is 9.13. The topological polar surface area (TPSA) is 50.4 Å². The lowest BCUT2D eigenvalue weighted by atomic mass is 10.1. The standard InChI is InChI=1S/C11H20N2O2/c1-2-3-6-12-9-11(14)13-10-4-7-15-8-5-10/h2,10,12H,1,3-9H2,(H,13,14). The molecular formula is C11H20N2O2. The van der Waals surface area contributed by atoms with Gasteiger partial charge >= 0.3 is 0 Å². The van der Waals surface area contributed by atoms with Gasteiger partial charge in [-0.05, 0) is 25.8 Å². The van der Waals surface area contributed by atoms with Crippen molar-refractivity contribution in [1.29, 1.82) is 0 Å². The van der Waals surface area contributed by atoms with Crippen LogP contribution in [-0.4, -0.2) is 38.3 Å². The Morgan fingerprint density at radius 1 is 1.47 bits per heavy atom. The molecule has 0 aromatic heterocycles. The molecule has 0 aliphatic carbocycles. The molecule has 1 aliphatic rings. The summed E-state index contributed by atoms with van der Waals surface area (Å²) in [5.41, 5.74) is 0. The van der Waals surface area contributed by atoms with E-state index < -0.39 is 0 Å². The molecule has 15 heavy (non-hydrogen) atoms. The Hall–Kier alpha value is -0.870. The molecule has 1 heterocycles. The Labute approximate surface area is 91.1 Å². The first kappa shape index (κ1) is 12.2. The maximum atomic E-state index is 11.4. The molecular weight excluding hydrogens is 192 g/mol. The second-order valence-corrected chi connectivity index (χ2v) is 3.71. The molecule has 86 valence electrons. The number of carbonyl (C=O) groups is 1. The van der Waals surface area contributed by atoms with Crippen molar-refractivity contribution in [3.8, 4) is 0 Å². The van der Waals surface area contributed by atoms with E-state index in [9.17, 15) is 4.79 Å². The summed E-state index contributed by atoms with van der Waals surface area (Å²) < 4.78 is 5.22. The minimum Gasteiger partial charge on any atom is -0.381 e. The zero-order valence-electron chi connectivity index (χ0n) is 9.13. The smallest absolute Gasteiger partial charge is 0.234 e. The third kappa shape index (κ3) is 5.54. The van der Waals surface area contributed by atoms with Crippen LogP contribution in [0.25, 0.3) is 0 Å². The summed E-state index contributed by atoms with van der Waals surface area (Å²) in [7, 11) is 0. The summed E-state index contributed by atoms with van der Waals surface area (Å²) in [6.07, 6.45) is 4.59. The molecule has 0 atom stereocenters. The molecule has 1 rings (SSSR count). The van der Waals surface area contributed by atoms with E-state index in [0.29, 0.717) is 12.6 Å². The first-order valence-electron chi connectivity index (χ1n) is 5.51. The van der Waals surface area contributed by atoms with E-state index in [-0.39, 0.29) is 5.91 Å². The lowest BCUT2D eigenvalue weighted by molar-refractivity contribution is -0.121. The average Bonchev–Trinajstić information content (AvgIpc) is 2.26. The molecule has 0 aromatic carbocycles. The number of amides is 1. The van der Waals surface area contributed by atoms with Gasteiger partial charge in [0.1, 0.15) is 0 Å². The van der Waals surface area contributed by atoms with E-state index in [0.717, 1.165) is 39.0 Å². The molecule has 0 radical (unpaired) electrons. The highest BCUT2D eigenvalue weighted by molar-refractivity contribution is 5.78. The Bertz CT molecular complexity index is 201. The summed E-state index contributed by atoms with van der Waals surface area (Å²) in [4.78, 5) is 11.4. The maximum absolute atomic E-state index is 11.4. The molecule has 2 N–H and O–H groups in total. The summed E-state index contributed by atoms with van der Waals surface area (Å²) in [5.74, 6) is 0.0750. The molecule has 1 amide bonds. The molecule has 4 heteroatoms. The zero-order chi connectivity index (χ0) is 10.9. The van der Waals surface area contributed by atoms with Crippen LogP contribution in [0.3, 0.4) is 0 Å². The lowest BCUT2D eigenvalue weighted by Gasteiger charge is -2.23. The average molecular weight is 212 g/mol. The Balaban J connectivity index is 2.04. The van der Waals surface area contributed by atoms with Crippen LogP contribution in [0.15, 0.2) is 12.7 Å². The predicted octanol–water partition coefficient (Wildman–Crippen LogP) is 0.447. The van der Waals surface area contributed by atoms with Crippen LogP contribution in [-0.2, 0) is 9.53 Å². The van der Waals surface area contributed by atoms with Crippen LogP contribution in [0.5, 0.6) is 0 Å². The number of carbonyl (C=O) groups excluding carboxylic acids is 1. The normalized spacial score (nSPS) is 17.3. The van der Waals surface area contributed by atoms with E-state index >= 15 is 0 Å². The Morgan fingerprint density at radius 2 is 2.20 bits per heavy atom. The molecule has 1 aliphatic heterocycles. The van der Waals surface area contributed by atoms with Crippen LogP contribution < -0.4 is 10.6 Å². The highest BCUT2D eigenvalue weighted by atomic mass is 16.5. The summed E-state index contributed by atoms with van der Waals surface area (Å²) in [6.45, 7) is 6.34. The van der Waals surface area contributed by atoms with Gasteiger partial charge in [0.05, 0.1) is 6.54 Å². The molecule has 1 saturated heterocycles. The number of hydrogen-bond acceptors (Lipinski definition) is 3. The van der Waals surface area contributed by atoms with E-state index in [1.54, 1.807) is 0 Å². The van der Waals surface area contributed by atoms with Crippen molar-refractivity contribution in [2.75, 3.05) is 26.3 Å². The van der Waals surface area contributed by atoms with Crippen LogP contribution >= 0.6 is 0 Å². The van der Waals surface area contributed by atoms with Crippen molar-refractivity contribution in [3.63, 3.8) is 0 Å². The van der Waals surface area contributed by atoms with Gasteiger partial charge in [0.25, 0.3) is 0 Å². The fraction of sp³-hybridized carbons (Fsp3) is 0.727. The van der Waals surface area contributed by atoms with Crippen molar-refractivity contribution in [2.45, 2.75) is 25.3 Å². The molecule has 0 saturated carbocycles. The quantitative estimate of drug-likeness (QED) is 0.496. The van der Waals surface area contributed by atoms with Crippen LogP contribution in [0.4, 0.5) is 0 Å². The fourth-order valence-electron chi connectivity index (χ4n) is 1.53. The van der Waals surface area contributed by atoms with Crippen molar-refractivity contribution in [2.24, 2.45) is 0 Å². The second kappa shape index (κ2) is 7.43. The van der Waals surface area contributed by atoms with E-state index in [1.807, 2.05) is 6.08 Å². The molecule has 4 nitrogen and oxygen atoms in total. The number of ether oxygens (including phenoxy) is 1. The molecule has 0 bridgehead atoms. The molecule has 1 fully saturated rings. The van der Waals surface area contributed by atoms with Gasteiger partial charge in [0.2, 0.25) is 5.91 Å². The van der Waals surface area contributed by atoms with E-state index in [4.69, 9.17) is 4.74 Å². The van der Waals surface area contributed by atoms with Gasteiger partial charge in [-0.15, -0.1) is 6.58 Å². The van der Waals surface area contributed by atoms with Gasteiger partial charge in [-0.25, -0.2) is 0 Å². The third-order valence-corrected chi connectivity index (χ3v) is 2.40. The second-order valence-electron chi connectivity index (χ2n) is 3.71. The first-order valence-corrected chi connectivity index (χ1v) is 5.51. The fourth-order valence-corrected chi connectivity index (χ4v) is 1.53. The highest BCUT2D eigenvalue weighted by Gasteiger charge is 2.15. The predicted molar refractivity (Wildman–Crippen MR) is 59.7 cm³/mol. The number of hydrogen-bond donors (Lipinski definition) is 2. The van der Waals surface area contributed by atoms with Gasteiger partial charge < -0.3 is 15.4 Å². The van der Waals surface area contributed by atoms with Crippen molar-refractivity contribution in [1.82, 2.24) is 10.6 Å². The minimum atomic E-state index is 0.0750. The van der Waals surface area contributed by atoms with E-state index in [1.165, 1.54) is 0 Å².